The van der Waals surface area contributed by atoms with Crippen LogP contribution in [-0.4, -0.2) is 76.1 Å². The molecule has 0 unspecified atom stereocenters. The van der Waals surface area contributed by atoms with Crippen molar-refractivity contribution in [2.75, 3.05) is 0 Å². The molecule has 9 heavy (non-hydrogen) atoms. The standard InChI is InChI=1S/Ca.Fe.Mg.Mn.HO3P.H2O.4H/c;;;;1-4(2)3;;;;;/h;;;;(H-,1,2,3);1H2;;;;/q;-1;;;;;;;;/p+1. The molecule has 0 amide bonds. The van der Waals surface area contributed by atoms with Crippen LogP contribution in [-0.2, 0) is 37.2 Å². The van der Waals surface area contributed by atoms with Gasteiger partial charge in [0.2, 0.25) is 0 Å². The van der Waals surface area contributed by atoms with Crippen LogP contribution >= 0.6 is 6.29 Å². The van der Waals surface area contributed by atoms with Crippen LogP contribution in [0.1, 0.15) is 0 Å². The first-order valence-electron chi connectivity index (χ1n) is 0.741. The van der Waals surface area contributed by atoms with E-state index in [1.807, 2.05) is 0 Å². The van der Waals surface area contributed by atoms with E-state index in [0.29, 0.717) is 0 Å². The van der Waals surface area contributed by atoms with Crippen LogP contribution in [0.5, 0.6) is 0 Å². The minimum Gasteiger partial charge on any atom is 0 e. The molecule has 56 valence electrons. The number of hydrogen-bond donors (Lipinski definition) is 2. The van der Waals surface area contributed by atoms with Gasteiger partial charge in [0.15, 0.2) is 0 Å². The fraction of sp³-hybridized carbons (Fsp3) is 0. The molecule has 1 radical (unpaired) electrons. The van der Waals surface area contributed by atoms with E-state index in [1.165, 1.54) is 0 Å². The molecule has 0 heterocycles. The Balaban J connectivity index is -0.0000000133. The second-order valence-electron chi connectivity index (χ2n) is 0.459. The summed E-state index contributed by atoms with van der Waals surface area (Å²) in [5.74, 6) is 0. The molecule has 0 aliphatic heterocycles. The number of rotatable bonds is 0. The predicted molar refractivity (Wildman–Crippen MR) is 32.7 cm³/mol. The second-order valence-corrected chi connectivity index (χ2v) is 3.31. The van der Waals surface area contributed by atoms with Gasteiger partial charge in [0.05, 0.1) is 0 Å². The Bertz CT molecular complexity index is 66.7. The summed E-state index contributed by atoms with van der Waals surface area (Å²) in [5.41, 5.74) is 0. The van der Waals surface area contributed by atoms with Gasteiger partial charge in [0, 0.05) is 17.1 Å². The molecular formula is H8CaFeMgMnO4P. The molecule has 0 aliphatic carbocycles. The molecule has 0 atom stereocenters. The summed E-state index contributed by atoms with van der Waals surface area (Å²) < 4.78 is 9.22. The van der Waals surface area contributed by atoms with E-state index in [0.717, 1.165) is 0 Å². The zero-order chi connectivity index (χ0) is 4.50. The normalized spacial score (nSPS) is 6.56. The van der Waals surface area contributed by atoms with Gasteiger partial charge in [0.25, 0.3) is 0 Å². The van der Waals surface area contributed by atoms with Crippen LogP contribution in [0.4, 0.5) is 0 Å². The van der Waals surface area contributed by atoms with Crippen molar-refractivity contribution < 1.29 is 52.5 Å². The molecule has 0 bridgehead atoms. The third kappa shape index (κ3) is 93.3. The van der Waals surface area contributed by atoms with Crippen molar-refractivity contribution in [2.24, 2.45) is 0 Å². The minimum absolute atomic E-state index is 0. The second kappa shape index (κ2) is 13.7. The first-order valence-corrected chi connectivity index (χ1v) is 3.70. The van der Waals surface area contributed by atoms with Crippen molar-refractivity contribution in [3.05, 3.63) is 0 Å². The van der Waals surface area contributed by atoms with Gasteiger partial charge in [-0.25, -0.2) is 0 Å². The van der Waals surface area contributed by atoms with Crippen LogP contribution in [0, 0.1) is 0 Å². The number of hydrogen-bond acceptors (Lipinski definition) is 1. The summed E-state index contributed by atoms with van der Waals surface area (Å²) in [5, 5.41) is 0. The largest absolute Gasteiger partial charge is 0.316 e. The Morgan fingerprint density at radius 1 is 1.33 bits per heavy atom. The van der Waals surface area contributed by atoms with Crippen molar-refractivity contribution in [1.82, 2.24) is 0 Å². The van der Waals surface area contributed by atoms with Crippen molar-refractivity contribution in [3.8, 4) is 0 Å². The van der Waals surface area contributed by atoms with Crippen LogP contribution in [0.3, 0.4) is 0 Å². The Morgan fingerprint density at radius 3 is 1.33 bits per heavy atom. The summed E-state index contributed by atoms with van der Waals surface area (Å²) >= 11 is 2.44. The maximum Gasteiger partial charge on any atom is 0.316 e. The molecule has 0 saturated carbocycles. The summed E-state index contributed by atoms with van der Waals surface area (Å²) in [6.45, 7) is 0. The molecule has 0 saturated heterocycles. The topological polar surface area (TPSA) is 89.0 Å². The Kier molecular flexibility index (Phi) is 45.1. The molecular weight excluding hydrogens is 270 g/mol. The van der Waals surface area contributed by atoms with Crippen LogP contribution in [0.15, 0.2) is 0 Å². The summed E-state index contributed by atoms with van der Waals surface area (Å²) in [4.78, 5) is 15.0. The zero-order valence-corrected chi connectivity index (χ0v) is 6.16. The van der Waals surface area contributed by atoms with E-state index in [-0.39, 0.29) is 83.3 Å². The third-order valence-electron chi connectivity index (χ3n) is 0. The smallest absolute Gasteiger partial charge is 0 e. The Morgan fingerprint density at radius 2 is 1.33 bits per heavy atom. The van der Waals surface area contributed by atoms with Crippen molar-refractivity contribution in [3.63, 3.8) is 0 Å². The van der Waals surface area contributed by atoms with Crippen molar-refractivity contribution in [2.45, 2.75) is 0 Å². The first kappa shape index (κ1) is 29.5. The third-order valence-corrected chi connectivity index (χ3v) is 0. The van der Waals surface area contributed by atoms with E-state index in [4.69, 9.17) is 9.79 Å². The van der Waals surface area contributed by atoms with E-state index in [1.54, 1.807) is 0 Å². The van der Waals surface area contributed by atoms with E-state index in [9.17, 15) is 4.57 Å². The SMILES string of the molecule is O.O=[P](O)(O)[Fe].[CaH2].[MgH2].[Mn]. The fourth-order valence-electron chi connectivity index (χ4n) is 0. The van der Waals surface area contributed by atoms with Crippen molar-refractivity contribution >= 4 is 67.1 Å². The Labute approximate surface area is 117 Å². The molecule has 0 aromatic heterocycles. The minimum atomic E-state index is -3.89. The predicted octanol–water partition coefficient (Wildman–Crippen LogP) is -3.03. The van der Waals surface area contributed by atoms with Gasteiger partial charge in [-0.3, -0.25) is 0 Å². The molecule has 0 aromatic carbocycles. The first-order chi connectivity index (χ1) is 2.00. The van der Waals surface area contributed by atoms with E-state index in [2.05, 4.69) is 15.6 Å². The van der Waals surface area contributed by atoms with E-state index < -0.39 is 6.29 Å². The van der Waals surface area contributed by atoms with Gasteiger partial charge in [-0.2, -0.15) is 0 Å². The maximum absolute atomic E-state index is 9.22. The molecule has 0 rings (SSSR count). The van der Waals surface area contributed by atoms with Gasteiger partial charge in [-0.15, -0.1) is 0 Å². The molecule has 0 spiro atoms. The Hall–Kier alpha value is 3.17. The summed E-state index contributed by atoms with van der Waals surface area (Å²) in [6, 6.07) is 0. The van der Waals surface area contributed by atoms with Crippen LogP contribution in [0.25, 0.3) is 0 Å². The van der Waals surface area contributed by atoms with Gasteiger partial charge in [-0.05, 0) is 0 Å². The molecule has 0 aliphatic rings. The average Bonchev–Trinajstić information content (AvgIpc) is 0.722. The van der Waals surface area contributed by atoms with Gasteiger partial charge in [-0.1, -0.05) is 0 Å². The molecule has 4 N–H and O–H groups in total. The molecule has 0 aromatic rings. The van der Waals surface area contributed by atoms with Crippen LogP contribution in [0.2, 0.25) is 0 Å². The molecule has 0 fully saturated rings. The van der Waals surface area contributed by atoms with Gasteiger partial charge in [0.1, 0.15) is 0 Å². The average molecular weight is 278 g/mol. The van der Waals surface area contributed by atoms with Crippen LogP contribution < -0.4 is 0 Å². The molecule has 9 heteroatoms. The monoisotopic (exact) mass is 278 g/mol. The van der Waals surface area contributed by atoms with E-state index >= 15 is 0 Å². The zero-order valence-electron chi connectivity index (χ0n) is 2.98. The van der Waals surface area contributed by atoms with Crippen molar-refractivity contribution in [1.29, 1.82) is 0 Å². The maximum atomic E-state index is 9.22. The molecule has 4 nitrogen and oxygen atoms in total. The fourth-order valence-corrected chi connectivity index (χ4v) is 0. The summed E-state index contributed by atoms with van der Waals surface area (Å²) in [7, 11) is 0. The van der Waals surface area contributed by atoms with Gasteiger partial charge < -0.3 is 5.48 Å². The quantitative estimate of drug-likeness (QED) is 0.365. The van der Waals surface area contributed by atoms with Gasteiger partial charge >= 0.3 is 97.0 Å². The summed E-state index contributed by atoms with van der Waals surface area (Å²) in [6.07, 6.45) is -3.89.